The molecule has 9 aromatic carbocycles. The van der Waals surface area contributed by atoms with E-state index in [9.17, 15) is 0 Å². The summed E-state index contributed by atoms with van der Waals surface area (Å²) in [6, 6.07) is 75.8. The lowest BCUT2D eigenvalue weighted by molar-refractivity contribution is 0.570. The molecular weight excluding hydrogens is 765 g/mol. The molecular formula is C60H46N2O. The first-order chi connectivity index (χ1) is 30.8. The van der Waals surface area contributed by atoms with Crippen molar-refractivity contribution in [2.45, 2.75) is 38.5 Å². The van der Waals surface area contributed by atoms with Gasteiger partial charge in [-0.05, 0) is 94.3 Å². The fourth-order valence-electron chi connectivity index (χ4n) is 10.8. The van der Waals surface area contributed by atoms with Crippen LogP contribution in [0.2, 0.25) is 0 Å². The predicted molar refractivity (Wildman–Crippen MR) is 263 cm³/mol. The molecule has 3 nitrogen and oxygen atoms in total. The van der Waals surface area contributed by atoms with Gasteiger partial charge in [0.2, 0.25) is 0 Å². The minimum atomic E-state index is -0.712. The Morgan fingerprint density at radius 1 is 0.413 bits per heavy atom. The largest absolute Gasteiger partial charge is 0.455 e. The van der Waals surface area contributed by atoms with Gasteiger partial charge in [0.15, 0.2) is 0 Å². The van der Waals surface area contributed by atoms with Crippen LogP contribution in [-0.2, 0) is 10.8 Å². The molecule has 3 heteroatoms. The number of rotatable bonds is 5. The highest BCUT2D eigenvalue weighted by molar-refractivity contribution is 6.11. The van der Waals surface area contributed by atoms with Crippen molar-refractivity contribution in [3.05, 3.63) is 240 Å². The van der Waals surface area contributed by atoms with E-state index in [1.54, 1.807) is 0 Å². The minimum Gasteiger partial charge on any atom is -0.455 e. The van der Waals surface area contributed by atoms with Gasteiger partial charge in [0, 0.05) is 44.0 Å². The van der Waals surface area contributed by atoms with Crippen LogP contribution in [0, 0.1) is 6.92 Å². The summed E-state index contributed by atoms with van der Waals surface area (Å²) in [5.41, 5.74) is 17.6. The average molecular weight is 811 g/mol. The summed E-state index contributed by atoms with van der Waals surface area (Å²) in [7, 11) is 0. The lowest BCUT2D eigenvalue weighted by atomic mass is 9.61. The van der Waals surface area contributed by atoms with Crippen LogP contribution in [0.1, 0.15) is 54.2 Å². The maximum absolute atomic E-state index is 7.26. The Balaban J connectivity index is 1.11. The van der Waals surface area contributed by atoms with Crippen LogP contribution in [0.3, 0.4) is 0 Å². The molecule has 0 fully saturated rings. The quantitative estimate of drug-likeness (QED) is 0.173. The maximum atomic E-state index is 7.26. The van der Waals surface area contributed by atoms with Crippen molar-refractivity contribution < 1.29 is 4.42 Å². The third-order valence-electron chi connectivity index (χ3n) is 13.5. The normalized spacial score (nSPS) is 13.5. The number of hydrogen-bond donors (Lipinski definition) is 0. The Bertz CT molecular complexity index is 3520. The lowest BCUT2D eigenvalue weighted by Gasteiger charge is -2.46. The molecule has 2 aromatic heterocycles. The molecule has 12 rings (SSSR count). The molecule has 0 saturated carbocycles. The molecule has 1 aliphatic rings. The third kappa shape index (κ3) is 5.46. The summed E-state index contributed by atoms with van der Waals surface area (Å²) in [6.45, 7) is 9.06. The minimum absolute atomic E-state index is 0.0911. The lowest BCUT2D eigenvalue weighted by Crippen LogP contribution is -2.38. The molecule has 302 valence electrons. The summed E-state index contributed by atoms with van der Waals surface area (Å²) >= 11 is 0. The van der Waals surface area contributed by atoms with Crippen LogP contribution in [-0.4, -0.2) is 4.57 Å². The molecule has 0 aliphatic carbocycles. The van der Waals surface area contributed by atoms with Crippen molar-refractivity contribution in [1.29, 1.82) is 0 Å². The molecule has 3 heterocycles. The van der Waals surface area contributed by atoms with Crippen molar-refractivity contribution in [3.8, 4) is 16.8 Å². The highest BCUT2D eigenvalue weighted by Crippen LogP contribution is 2.60. The van der Waals surface area contributed by atoms with Gasteiger partial charge in [0.25, 0.3) is 0 Å². The van der Waals surface area contributed by atoms with E-state index in [1.165, 1.54) is 60.8 Å². The van der Waals surface area contributed by atoms with Crippen molar-refractivity contribution in [2.75, 3.05) is 4.90 Å². The summed E-state index contributed by atoms with van der Waals surface area (Å²) in [5, 5.41) is 4.72. The Morgan fingerprint density at radius 2 is 0.952 bits per heavy atom. The average Bonchev–Trinajstić information content (AvgIpc) is 3.87. The SMILES string of the molecule is Cc1ccccc1C1(c2cccc3c2oc2c(C(C)(C)C)cccc23)c2ccccc2N(c2ccc3c(c2)c2ccccc2n3-c2ccc(-c3ccccc3)cc2)c2ccccc21. The highest BCUT2D eigenvalue weighted by atomic mass is 16.3. The van der Waals surface area contributed by atoms with Gasteiger partial charge < -0.3 is 13.9 Å². The summed E-state index contributed by atoms with van der Waals surface area (Å²) in [5.74, 6) is 0. The summed E-state index contributed by atoms with van der Waals surface area (Å²) in [6.07, 6.45) is 0. The molecule has 0 radical (unpaired) electrons. The number of nitrogens with zero attached hydrogens (tertiary/aromatic N) is 2. The van der Waals surface area contributed by atoms with Gasteiger partial charge in [-0.1, -0.05) is 178 Å². The first kappa shape index (κ1) is 37.2. The fraction of sp³-hybridized carbons (Fsp3) is 0.100. The van der Waals surface area contributed by atoms with Crippen molar-refractivity contribution >= 4 is 60.8 Å². The molecule has 0 atom stereocenters. The van der Waals surface area contributed by atoms with Crippen molar-refractivity contribution in [2.24, 2.45) is 0 Å². The topological polar surface area (TPSA) is 21.3 Å². The molecule has 0 spiro atoms. The molecule has 1 aliphatic heterocycles. The van der Waals surface area contributed by atoms with E-state index in [2.05, 4.69) is 243 Å². The third-order valence-corrected chi connectivity index (χ3v) is 13.5. The van der Waals surface area contributed by atoms with Crippen molar-refractivity contribution in [3.63, 3.8) is 0 Å². The number of anilines is 3. The van der Waals surface area contributed by atoms with Gasteiger partial charge in [-0.25, -0.2) is 0 Å². The number of hydrogen-bond acceptors (Lipinski definition) is 2. The Hall–Kier alpha value is -7.62. The fourth-order valence-corrected chi connectivity index (χ4v) is 10.8. The number of aryl methyl sites for hydroxylation is 1. The second-order valence-corrected chi connectivity index (χ2v) is 18.1. The number of aromatic nitrogens is 1. The highest BCUT2D eigenvalue weighted by Gasteiger charge is 2.48. The number of para-hydroxylation sites is 5. The molecule has 11 aromatic rings. The van der Waals surface area contributed by atoms with E-state index in [0.29, 0.717) is 0 Å². The first-order valence-corrected chi connectivity index (χ1v) is 22.0. The zero-order chi connectivity index (χ0) is 42.5. The number of fused-ring (bicyclic) bond motifs is 8. The monoisotopic (exact) mass is 810 g/mol. The van der Waals surface area contributed by atoms with Gasteiger partial charge in [0.1, 0.15) is 11.2 Å². The standard InChI is InChI=1S/C60H46N2O/c1-39-18-8-10-24-48(39)60(52-28-17-23-46-45-22-16-27-51(59(2,3)4)57(45)63-58(46)52)49-25-11-14-30-55(49)62(56-31-15-12-26-50(56)60)43-36-37-54-47(38-43)44-21-9-13-29-53(44)61(54)42-34-32-41(33-35-42)40-19-6-5-7-20-40/h5-38H,1-4H3. The zero-order valence-corrected chi connectivity index (χ0v) is 35.9. The van der Waals surface area contributed by atoms with E-state index in [4.69, 9.17) is 4.42 Å². The molecule has 0 unspecified atom stereocenters. The van der Waals surface area contributed by atoms with E-state index in [-0.39, 0.29) is 5.41 Å². The second kappa shape index (κ2) is 14.0. The van der Waals surface area contributed by atoms with Crippen molar-refractivity contribution in [1.82, 2.24) is 4.57 Å². The summed E-state index contributed by atoms with van der Waals surface area (Å²) < 4.78 is 9.67. The molecule has 0 amide bonds. The Labute approximate surface area is 368 Å². The molecule has 0 N–H and O–H groups in total. The van der Waals surface area contributed by atoms with Gasteiger partial charge >= 0.3 is 0 Å². The molecule has 0 bridgehead atoms. The Kier molecular flexibility index (Phi) is 8.23. The van der Waals surface area contributed by atoms with Crippen LogP contribution in [0.5, 0.6) is 0 Å². The van der Waals surface area contributed by atoms with Crippen LogP contribution in [0.15, 0.2) is 211 Å². The number of benzene rings is 9. The van der Waals surface area contributed by atoms with E-state index >= 15 is 0 Å². The molecule has 0 saturated heterocycles. The predicted octanol–water partition coefficient (Wildman–Crippen LogP) is 16.1. The van der Waals surface area contributed by atoms with Gasteiger partial charge in [-0.15, -0.1) is 0 Å². The van der Waals surface area contributed by atoms with Gasteiger partial charge in [-0.3, -0.25) is 0 Å². The van der Waals surface area contributed by atoms with E-state index in [0.717, 1.165) is 50.3 Å². The van der Waals surface area contributed by atoms with E-state index < -0.39 is 5.41 Å². The molecule has 63 heavy (non-hydrogen) atoms. The smallest absolute Gasteiger partial charge is 0.140 e. The summed E-state index contributed by atoms with van der Waals surface area (Å²) in [4.78, 5) is 2.48. The first-order valence-electron chi connectivity index (χ1n) is 22.0. The zero-order valence-electron chi connectivity index (χ0n) is 35.9. The van der Waals surface area contributed by atoms with Crippen LogP contribution < -0.4 is 4.90 Å². The van der Waals surface area contributed by atoms with Crippen LogP contribution in [0.4, 0.5) is 17.1 Å². The maximum Gasteiger partial charge on any atom is 0.140 e. The van der Waals surface area contributed by atoms with Gasteiger partial charge in [-0.2, -0.15) is 0 Å². The Morgan fingerprint density at radius 3 is 1.67 bits per heavy atom. The van der Waals surface area contributed by atoms with E-state index in [1.807, 2.05) is 0 Å². The van der Waals surface area contributed by atoms with Crippen LogP contribution in [0.25, 0.3) is 60.6 Å². The second-order valence-electron chi connectivity index (χ2n) is 18.1. The van der Waals surface area contributed by atoms with Gasteiger partial charge in [0.05, 0.1) is 27.8 Å². The number of furan rings is 1. The van der Waals surface area contributed by atoms with Crippen LogP contribution >= 0.6 is 0 Å².